The van der Waals surface area contributed by atoms with Crippen molar-refractivity contribution in [2.24, 2.45) is 5.41 Å². The van der Waals surface area contributed by atoms with Gasteiger partial charge in [0.25, 0.3) is 0 Å². The maximum absolute atomic E-state index is 11.4. The van der Waals surface area contributed by atoms with E-state index in [4.69, 9.17) is 20.2 Å². The molecule has 0 fully saturated rings. The molecule has 0 saturated carbocycles. The van der Waals surface area contributed by atoms with Gasteiger partial charge in [-0.1, -0.05) is 26.0 Å². The Morgan fingerprint density at radius 3 is 2.15 bits per heavy atom. The smallest absolute Gasteiger partial charge is 0.233 e. The van der Waals surface area contributed by atoms with Crippen molar-refractivity contribution in [1.29, 1.82) is 0 Å². The van der Waals surface area contributed by atoms with Crippen LogP contribution in [0.2, 0.25) is 0 Å². The molecule has 0 unspecified atom stereocenters. The maximum Gasteiger partial charge on any atom is 0.233 e. The molecule has 114 valence electrons. The normalized spacial score (nSPS) is 12.2. The van der Waals surface area contributed by atoms with Crippen molar-refractivity contribution in [3.63, 3.8) is 0 Å². The number of rotatable bonds is 8. The Morgan fingerprint density at radius 2 is 1.70 bits per heavy atom. The fourth-order valence-electron chi connectivity index (χ4n) is 2.03. The van der Waals surface area contributed by atoms with Crippen LogP contribution in [0.1, 0.15) is 26.7 Å². The minimum Gasteiger partial charge on any atom is -0.493 e. The molecule has 1 rings (SSSR count). The summed E-state index contributed by atoms with van der Waals surface area (Å²) in [5.74, 6) is 1.14. The first-order valence-corrected chi connectivity index (χ1v) is 9.02. The van der Waals surface area contributed by atoms with Crippen molar-refractivity contribution in [3.05, 3.63) is 24.3 Å². The van der Waals surface area contributed by atoms with Gasteiger partial charge in [-0.3, -0.25) is 0 Å². The quantitative estimate of drug-likeness (QED) is 0.688. The summed E-state index contributed by atoms with van der Waals surface area (Å²) < 4.78 is 33.8. The molecule has 0 radical (unpaired) electrons. The van der Waals surface area contributed by atoms with Gasteiger partial charge in [-0.25, -0.2) is 8.42 Å². The molecule has 1 aromatic carbocycles. The van der Waals surface area contributed by atoms with Gasteiger partial charge in [0.15, 0.2) is 11.5 Å². The third-order valence-corrected chi connectivity index (χ3v) is 4.87. The number of ether oxygens (including phenoxy) is 2. The highest BCUT2D eigenvalue weighted by molar-refractivity contribution is 8.13. The van der Waals surface area contributed by atoms with E-state index in [9.17, 15) is 8.42 Å². The molecule has 0 saturated heterocycles. The lowest BCUT2D eigenvalue weighted by Gasteiger charge is -2.30. The molecule has 0 amide bonds. The van der Waals surface area contributed by atoms with E-state index >= 15 is 0 Å². The predicted octanol–water partition coefficient (Wildman–Crippen LogP) is 3.45. The van der Waals surface area contributed by atoms with Crippen LogP contribution in [0.25, 0.3) is 0 Å². The van der Waals surface area contributed by atoms with Crippen LogP contribution in [0.15, 0.2) is 24.3 Å². The number of hydrogen-bond donors (Lipinski definition) is 0. The molecule has 0 bridgehead atoms. The molecule has 0 heterocycles. The van der Waals surface area contributed by atoms with Gasteiger partial charge in [0, 0.05) is 16.1 Å². The average molecular weight is 321 g/mol. The summed E-state index contributed by atoms with van der Waals surface area (Å²) in [7, 11) is 3.41. The number of methoxy groups -OCH3 is 1. The third-order valence-electron chi connectivity index (χ3n) is 3.58. The number of halogens is 1. The second kappa shape index (κ2) is 7.18. The van der Waals surface area contributed by atoms with Crippen LogP contribution in [0.4, 0.5) is 0 Å². The van der Waals surface area contributed by atoms with E-state index in [1.165, 1.54) is 0 Å². The Kier molecular flexibility index (Phi) is 6.14. The Balaban J connectivity index is 2.87. The number of para-hydroxylation sites is 2. The highest BCUT2D eigenvalue weighted by Gasteiger charge is 2.32. The molecular weight excluding hydrogens is 300 g/mol. The van der Waals surface area contributed by atoms with Gasteiger partial charge in [-0.15, -0.1) is 0 Å². The Labute approximate surface area is 125 Å². The monoisotopic (exact) mass is 320 g/mol. The molecule has 0 aromatic heterocycles. The minimum absolute atomic E-state index is 0.0935. The molecule has 20 heavy (non-hydrogen) atoms. The molecule has 6 heteroatoms. The Morgan fingerprint density at radius 1 is 1.15 bits per heavy atom. The SMILES string of the molecule is CCC(CC)(COc1ccccc1OC)CS(=O)(=O)Cl. The van der Waals surface area contributed by atoms with E-state index in [1.54, 1.807) is 19.2 Å². The second-order valence-corrected chi connectivity index (χ2v) is 7.61. The predicted molar refractivity (Wildman–Crippen MR) is 81.1 cm³/mol. The zero-order valence-corrected chi connectivity index (χ0v) is 13.6. The van der Waals surface area contributed by atoms with Gasteiger partial charge in [0.05, 0.1) is 19.5 Å². The van der Waals surface area contributed by atoms with Crippen LogP contribution in [0.5, 0.6) is 11.5 Å². The lowest BCUT2D eigenvalue weighted by molar-refractivity contribution is 0.151. The molecule has 0 aliphatic carbocycles. The highest BCUT2D eigenvalue weighted by Crippen LogP contribution is 2.33. The second-order valence-electron chi connectivity index (χ2n) is 4.83. The van der Waals surface area contributed by atoms with E-state index < -0.39 is 14.5 Å². The molecule has 1 aromatic rings. The van der Waals surface area contributed by atoms with Crippen LogP contribution in [0, 0.1) is 5.41 Å². The van der Waals surface area contributed by atoms with Gasteiger partial charge in [0.1, 0.15) is 0 Å². The van der Waals surface area contributed by atoms with E-state index in [-0.39, 0.29) is 12.4 Å². The molecule has 0 aliphatic rings. The van der Waals surface area contributed by atoms with Gasteiger partial charge in [-0.2, -0.15) is 0 Å². The van der Waals surface area contributed by atoms with Gasteiger partial charge in [0.2, 0.25) is 9.05 Å². The van der Waals surface area contributed by atoms with Crippen molar-refractivity contribution < 1.29 is 17.9 Å². The van der Waals surface area contributed by atoms with Gasteiger partial charge >= 0.3 is 0 Å². The number of benzene rings is 1. The highest BCUT2D eigenvalue weighted by atomic mass is 35.7. The van der Waals surface area contributed by atoms with E-state index in [1.807, 2.05) is 26.0 Å². The molecule has 0 N–H and O–H groups in total. The van der Waals surface area contributed by atoms with Crippen LogP contribution < -0.4 is 9.47 Å². The maximum atomic E-state index is 11.4. The van der Waals surface area contributed by atoms with Crippen LogP contribution in [-0.2, 0) is 9.05 Å². The van der Waals surface area contributed by atoms with E-state index in [0.717, 1.165) is 0 Å². The summed E-state index contributed by atoms with van der Waals surface area (Å²) in [5.41, 5.74) is -0.485. The Bertz CT molecular complexity index is 524. The fourth-order valence-corrected chi connectivity index (χ4v) is 3.95. The summed E-state index contributed by atoms with van der Waals surface area (Å²) in [6.45, 7) is 4.17. The zero-order valence-electron chi connectivity index (χ0n) is 12.1. The summed E-state index contributed by atoms with van der Waals surface area (Å²) >= 11 is 0. The van der Waals surface area contributed by atoms with Gasteiger partial charge < -0.3 is 9.47 Å². The first-order valence-electron chi connectivity index (χ1n) is 6.54. The largest absolute Gasteiger partial charge is 0.493 e. The zero-order chi connectivity index (χ0) is 15.2. The lowest BCUT2D eigenvalue weighted by Crippen LogP contribution is -2.33. The topological polar surface area (TPSA) is 52.6 Å². The molecule has 0 atom stereocenters. The standard InChI is InChI=1S/C14H21ClO4S/c1-4-14(5-2,11-20(15,16)17)10-19-13-9-7-6-8-12(13)18-3/h6-9H,4-5,10-11H2,1-3H3. The summed E-state index contributed by atoms with van der Waals surface area (Å²) in [6, 6.07) is 7.29. The molecule has 0 spiro atoms. The first-order chi connectivity index (χ1) is 9.36. The molecule has 0 aliphatic heterocycles. The van der Waals surface area contributed by atoms with Crippen LogP contribution in [0.3, 0.4) is 0 Å². The van der Waals surface area contributed by atoms with Crippen molar-refractivity contribution >= 4 is 19.7 Å². The van der Waals surface area contributed by atoms with Crippen molar-refractivity contribution in [3.8, 4) is 11.5 Å². The van der Waals surface area contributed by atoms with Crippen LogP contribution in [-0.4, -0.2) is 27.9 Å². The minimum atomic E-state index is -3.57. The summed E-state index contributed by atoms with van der Waals surface area (Å²) in [6.07, 6.45) is 1.34. The van der Waals surface area contributed by atoms with Crippen molar-refractivity contribution in [1.82, 2.24) is 0 Å². The molecule has 4 nitrogen and oxygen atoms in total. The lowest BCUT2D eigenvalue weighted by atomic mass is 9.85. The summed E-state index contributed by atoms with van der Waals surface area (Å²) in [4.78, 5) is 0. The first kappa shape index (κ1) is 17.1. The third kappa shape index (κ3) is 4.87. The van der Waals surface area contributed by atoms with Crippen LogP contribution >= 0.6 is 10.7 Å². The Hall–Kier alpha value is -0.940. The fraction of sp³-hybridized carbons (Fsp3) is 0.571. The van der Waals surface area contributed by atoms with E-state index in [0.29, 0.717) is 24.3 Å². The van der Waals surface area contributed by atoms with Gasteiger partial charge in [-0.05, 0) is 25.0 Å². The number of hydrogen-bond acceptors (Lipinski definition) is 4. The summed E-state index contributed by atoms with van der Waals surface area (Å²) in [5, 5.41) is 0. The van der Waals surface area contributed by atoms with E-state index in [2.05, 4.69) is 0 Å². The van der Waals surface area contributed by atoms with Crippen molar-refractivity contribution in [2.75, 3.05) is 19.5 Å². The molecular formula is C14H21ClO4S. The van der Waals surface area contributed by atoms with Crippen molar-refractivity contribution in [2.45, 2.75) is 26.7 Å². The average Bonchev–Trinajstić information content (AvgIpc) is 2.42.